The van der Waals surface area contributed by atoms with E-state index in [-0.39, 0.29) is 32.1 Å². The molecule has 144 valence electrons. The van der Waals surface area contributed by atoms with Gasteiger partial charge >= 0.3 is 5.97 Å². The monoisotopic (exact) mass is 572 g/mol. The van der Waals surface area contributed by atoms with Gasteiger partial charge in [-0.1, -0.05) is 6.07 Å². The number of H-pyrrole nitrogens is 1. The summed E-state index contributed by atoms with van der Waals surface area (Å²) in [5, 5.41) is 9.96. The summed E-state index contributed by atoms with van der Waals surface area (Å²) in [6.45, 7) is 1.87. The van der Waals surface area contributed by atoms with Gasteiger partial charge in [-0.2, -0.15) is 0 Å². The standard InChI is InChI=1S/C21H21N3O3.Po/c22-20(25)16-11-13(5-7-19(16)24-8-2-1-3-9-24)18-12-15-10-14(21(26)27)4-6-17(15)23-18;/h4-7,10-12,23H,1-3,8-9H2,(H2,22,25)(H,26,27);. The van der Waals surface area contributed by atoms with Crippen LogP contribution in [0.3, 0.4) is 0 Å². The van der Waals surface area contributed by atoms with Crippen molar-refractivity contribution in [3.05, 3.63) is 53.6 Å². The number of carboxylic acid groups (broad SMARTS) is 1. The van der Waals surface area contributed by atoms with Crippen LogP contribution in [0.25, 0.3) is 22.2 Å². The number of carbonyl (C=O) groups is 2. The van der Waals surface area contributed by atoms with Gasteiger partial charge in [-0.3, -0.25) is 4.79 Å². The number of hydrogen-bond acceptors (Lipinski definition) is 3. The van der Waals surface area contributed by atoms with Gasteiger partial charge in [0.2, 0.25) is 0 Å². The minimum Gasteiger partial charge on any atom is -0.478 e. The summed E-state index contributed by atoms with van der Waals surface area (Å²) >= 11 is 0. The van der Waals surface area contributed by atoms with E-state index in [1.54, 1.807) is 18.2 Å². The first kappa shape index (κ1) is 20.4. The van der Waals surface area contributed by atoms with E-state index >= 15 is 0 Å². The maximum Gasteiger partial charge on any atom is 0.335 e. The Balaban J connectivity index is 0.00000225. The van der Waals surface area contributed by atoms with Crippen LogP contribution in [-0.2, 0) is 0 Å². The third kappa shape index (κ3) is 3.91. The molecule has 1 aliphatic rings. The minimum atomic E-state index is -0.957. The fourth-order valence-corrected chi connectivity index (χ4v) is 3.73. The third-order valence-corrected chi connectivity index (χ3v) is 5.14. The maximum atomic E-state index is 12.1. The number of carboxylic acids is 1. The Labute approximate surface area is 182 Å². The number of nitrogens with zero attached hydrogens (tertiary/aromatic N) is 1. The number of fused-ring (bicyclic) bond motifs is 1. The van der Waals surface area contributed by atoms with Gasteiger partial charge in [0.05, 0.1) is 11.1 Å². The number of aromatic carboxylic acids is 1. The van der Waals surface area contributed by atoms with E-state index in [4.69, 9.17) is 10.8 Å². The van der Waals surface area contributed by atoms with Gasteiger partial charge in [0.1, 0.15) is 0 Å². The summed E-state index contributed by atoms with van der Waals surface area (Å²) < 4.78 is 0. The molecule has 7 heteroatoms. The van der Waals surface area contributed by atoms with Crippen LogP contribution < -0.4 is 10.6 Å². The molecule has 1 amide bonds. The van der Waals surface area contributed by atoms with E-state index < -0.39 is 11.9 Å². The first-order valence-electron chi connectivity index (χ1n) is 9.08. The van der Waals surface area contributed by atoms with Crippen LogP contribution in [0, 0.1) is 0 Å². The Kier molecular flexibility index (Phi) is 6.05. The number of rotatable bonds is 4. The van der Waals surface area contributed by atoms with Gasteiger partial charge in [0.25, 0.3) is 5.91 Å². The fourth-order valence-electron chi connectivity index (χ4n) is 3.73. The Morgan fingerprint density at radius 1 is 1.00 bits per heavy atom. The predicted molar refractivity (Wildman–Crippen MR) is 111 cm³/mol. The first-order chi connectivity index (χ1) is 13.0. The summed E-state index contributed by atoms with van der Waals surface area (Å²) in [4.78, 5) is 28.7. The quantitative estimate of drug-likeness (QED) is 0.447. The van der Waals surface area contributed by atoms with Crippen LogP contribution in [0.4, 0.5) is 5.69 Å². The van der Waals surface area contributed by atoms with Crippen molar-refractivity contribution >= 4 is 55.0 Å². The van der Waals surface area contributed by atoms with Gasteiger partial charge in [0.15, 0.2) is 0 Å². The molecule has 0 bridgehead atoms. The van der Waals surface area contributed by atoms with Gasteiger partial charge in [0, 0.05) is 61.9 Å². The normalized spacial score (nSPS) is 13.9. The first-order valence-corrected chi connectivity index (χ1v) is 9.08. The van der Waals surface area contributed by atoms with E-state index in [1.807, 2.05) is 24.3 Å². The fraction of sp³-hybridized carbons (Fsp3) is 0.238. The number of aromatic nitrogens is 1. The molecule has 1 aliphatic heterocycles. The number of nitrogens with one attached hydrogen (secondary N) is 1. The molecule has 0 unspecified atom stereocenters. The third-order valence-electron chi connectivity index (χ3n) is 5.14. The number of primary amides is 1. The molecule has 0 spiro atoms. The second-order valence-electron chi connectivity index (χ2n) is 6.93. The number of piperidine rings is 1. The molecule has 0 aliphatic carbocycles. The summed E-state index contributed by atoms with van der Waals surface area (Å²) in [7, 11) is 0. The molecule has 6 nitrogen and oxygen atoms in total. The van der Waals surface area contributed by atoms with E-state index in [9.17, 15) is 9.59 Å². The predicted octanol–water partition coefficient (Wildman–Crippen LogP) is 3.24. The molecule has 1 fully saturated rings. The van der Waals surface area contributed by atoms with E-state index in [2.05, 4.69) is 9.88 Å². The summed E-state index contributed by atoms with van der Waals surface area (Å²) in [6, 6.07) is 12.6. The Morgan fingerprint density at radius 2 is 1.75 bits per heavy atom. The second kappa shape index (κ2) is 8.32. The molecule has 0 atom stereocenters. The number of nitrogens with two attached hydrogens (primary N) is 1. The smallest absolute Gasteiger partial charge is 0.335 e. The molecule has 1 aromatic heterocycles. The number of hydrogen-bond donors (Lipinski definition) is 3. The zero-order valence-corrected chi connectivity index (χ0v) is 18.4. The molecule has 2 radical (unpaired) electrons. The topological polar surface area (TPSA) is 99.4 Å². The van der Waals surface area contributed by atoms with Crippen molar-refractivity contribution < 1.29 is 14.7 Å². The number of anilines is 1. The second-order valence-corrected chi connectivity index (χ2v) is 6.93. The number of carbonyl (C=O) groups excluding carboxylic acids is 1. The number of aromatic amines is 1. The van der Waals surface area contributed by atoms with Gasteiger partial charge < -0.3 is 20.7 Å². The molecule has 4 rings (SSSR count). The van der Waals surface area contributed by atoms with Crippen molar-refractivity contribution in [3.63, 3.8) is 0 Å². The van der Waals surface area contributed by atoms with E-state index in [0.717, 1.165) is 53.8 Å². The summed E-state index contributed by atoms with van der Waals surface area (Å²) in [5.74, 6) is -1.40. The average Bonchev–Trinajstić information content (AvgIpc) is 3.11. The van der Waals surface area contributed by atoms with E-state index in [1.165, 1.54) is 6.42 Å². The molecule has 3 aromatic rings. The van der Waals surface area contributed by atoms with Crippen molar-refractivity contribution in [3.8, 4) is 11.3 Å². The van der Waals surface area contributed by atoms with Crippen LogP contribution in [-0.4, -0.2) is 61.6 Å². The Hall–Kier alpha value is -2.38. The number of benzene rings is 2. The minimum absolute atomic E-state index is 0. The zero-order chi connectivity index (χ0) is 19.0. The maximum absolute atomic E-state index is 12.1. The molecule has 28 heavy (non-hydrogen) atoms. The summed E-state index contributed by atoms with van der Waals surface area (Å²) in [5.41, 5.74) is 9.80. The van der Waals surface area contributed by atoms with Gasteiger partial charge in [-0.05, 0) is 61.2 Å². The SMILES string of the molecule is NC(=O)c1cc(-c2cc3cc(C(=O)O)ccc3[nH]2)ccc1N1CCCCC1.[Po]. The van der Waals surface area contributed by atoms with Crippen LogP contribution in [0.15, 0.2) is 42.5 Å². The van der Waals surface area contributed by atoms with Gasteiger partial charge in [-0.15, -0.1) is 0 Å². The molecule has 0 saturated carbocycles. The largest absolute Gasteiger partial charge is 0.478 e. The van der Waals surface area contributed by atoms with Crippen molar-refractivity contribution in [2.24, 2.45) is 5.73 Å². The van der Waals surface area contributed by atoms with Crippen molar-refractivity contribution in [2.75, 3.05) is 18.0 Å². The van der Waals surface area contributed by atoms with Crippen molar-refractivity contribution in [1.29, 1.82) is 0 Å². The Bertz CT molecular complexity index is 1040. The average molecular weight is 572 g/mol. The molecular weight excluding hydrogens is 551 g/mol. The molecule has 2 aromatic carbocycles. The van der Waals surface area contributed by atoms with Gasteiger partial charge in [-0.25, -0.2) is 4.79 Å². The zero-order valence-electron chi connectivity index (χ0n) is 15.3. The molecule has 1 saturated heterocycles. The van der Waals surface area contributed by atoms with Crippen molar-refractivity contribution in [2.45, 2.75) is 19.3 Å². The van der Waals surface area contributed by atoms with Crippen LogP contribution in [0.5, 0.6) is 0 Å². The summed E-state index contributed by atoms with van der Waals surface area (Å²) in [6.07, 6.45) is 3.45. The molecular formula is C21H21N3O3Po. The number of amides is 1. The molecule has 2 heterocycles. The van der Waals surface area contributed by atoms with Crippen LogP contribution in [0.2, 0.25) is 0 Å². The molecule has 4 N–H and O–H groups in total. The van der Waals surface area contributed by atoms with E-state index in [0.29, 0.717) is 5.56 Å². The van der Waals surface area contributed by atoms with Crippen molar-refractivity contribution in [1.82, 2.24) is 4.98 Å². The van der Waals surface area contributed by atoms with Crippen LogP contribution >= 0.6 is 0 Å². The van der Waals surface area contributed by atoms with Crippen LogP contribution in [0.1, 0.15) is 40.0 Å². The Morgan fingerprint density at radius 3 is 2.43 bits per heavy atom.